The van der Waals surface area contributed by atoms with Gasteiger partial charge in [0.1, 0.15) is 18.3 Å². The molecule has 1 amide bonds. The topological polar surface area (TPSA) is 96.5 Å². The number of benzene rings is 1. The monoisotopic (exact) mass is 456 g/mol. The van der Waals surface area contributed by atoms with Gasteiger partial charge in [0.15, 0.2) is 5.78 Å². The number of halogens is 1. The average molecular weight is 456 g/mol. The minimum Gasteiger partial charge on any atom is -0.488 e. The lowest BCUT2D eigenvalue weighted by atomic mass is 10.0. The number of carbonyl (C=O) groups excluding carboxylic acids is 2. The molecule has 1 aliphatic heterocycles. The summed E-state index contributed by atoms with van der Waals surface area (Å²) in [4.78, 5) is 33.8. The Hall–Kier alpha value is -3.45. The average Bonchev–Trinajstić information content (AvgIpc) is 3.16. The van der Waals surface area contributed by atoms with E-state index in [1.54, 1.807) is 12.3 Å². The summed E-state index contributed by atoms with van der Waals surface area (Å²) in [5, 5.41) is 3.32. The number of fused-ring (bicyclic) bond motifs is 1. The Balaban J connectivity index is 1.83. The van der Waals surface area contributed by atoms with E-state index in [0.717, 1.165) is 5.69 Å². The molecular weight excluding hydrogens is 434 g/mol. The van der Waals surface area contributed by atoms with Crippen LogP contribution in [0.2, 0.25) is 0 Å². The molecule has 2 atom stereocenters. The van der Waals surface area contributed by atoms with E-state index < -0.39 is 12.0 Å². The number of carbonyl (C=O) groups is 2. The molecule has 8 nitrogen and oxygen atoms in total. The molecule has 0 saturated heterocycles. The van der Waals surface area contributed by atoms with E-state index >= 15 is 0 Å². The van der Waals surface area contributed by atoms with Gasteiger partial charge in [0, 0.05) is 23.1 Å². The van der Waals surface area contributed by atoms with Gasteiger partial charge in [-0.1, -0.05) is 27.4 Å². The van der Waals surface area contributed by atoms with Crippen LogP contribution in [-0.4, -0.2) is 52.9 Å². The number of anilines is 2. The number of ketones is 1. The zero-order valence-electron chi connectivity index (χ0n) is 17.3. The summed E-state index contributed by atoms with van der Waals surface area (Å²) in [5.74, 6) is -1.11. The highest BCUT2D eigenvalue weighted by atomic mass is 31.0. The number of hydrogen-bond donors (Lipinski definition) is 2. The molecule has 1 aliphatic rings. The molecular formula is C22H22FN4O4P. The number of methoxy groups -OCH3 is 1. The van der Waals surface area contributed by atoms with E-state index in [4.69, 9.17) is 9.47 Å². The number of alkyl halides is 1. The summed E-state index contributed by atoms with van der Waals surface area (Å²) in [6.45, 7) is -0.0896. The lowest BCUT2D eigenvalue weighted by Crippen LogP contribution is -2.39. The highest BCUT2D eigenvalue weighted by Gasteiger charge is 2.33. The van der Waals surface area contributed by atoms with E-state index in [1.807, 2.05) is 39.6 Å². The zero-order valence-corrected chi connectivity index (χ0v) is 18.5. The van der Waals surface area contributed by atoms with E-state index in [-0.39, 0.29) is 25.5 Å². The van der Waals surface area contributed by atoms with Crippen LogP contribution >= 0.6 is 9.24 Å². The maximum Gasteiger partial charge on any atom is 0.410 e. The third-order valence-electron chi connectivity index (χ3n) is 4.97. The number of aromatic amines is 1. The molecule has 32 heavy (non-hydrogen) atoms. The first kappa shape index (κ1) is 21.8. The summed E-state index contributed by atoms with van der Waals surface area (Å²) in [6, 6.07) is 11.1. The second kappa shape index (κ2) is 9.36. The van der Waals surface area contributed by atoms with Gasteiger partial charge in [-0.05, 0) is 18.2 Å². The van der Waals surface area contributed by atoms with Gasteiger partial charge in [0.25, 0.3) is 0 Å². The standard InChI is InChI=1S/C22H22FN4O4P/c1-30-22(29)27-10-15-19(16(28)11-27)21(25-13-5-3-2-4-6-13)20(26-15)14-7-8-24-9-17(14)31-12-18(23)32/h2-9,18,25-26H,10-12,32H2,1H3. The van der Waals surface area contributed by atoms with Crippen LogP contribution < -0.4 is 10.1 Å². The Morgan fingerprint density at radius 2 is 2.09 bits per heavy atom. The molecule has 0 bridgehead atoms. The maximum absolute atomic E-state index is 13.4. The van der Waals surface area contributed by atoms with Crippen LogP contribution in [0.3, 0.4) is 0 Å². The lowest BCUT2D eigenvalue weighted by molar-refractivity contribution is 0.0840. The molecule has 2 aromatic heterocycles. The van der Waals surface area contributed by atoms with Crippen LogP contribution in [0, 0.1) is 0 Å². The molecule has 3 aromatic rings. The van der Waals surface area contributed by atoms with Crippen molar-refractivity contribution >= 4 is 32.5 Å². The summed E-state index contributed by atoms with van der Waals surface area (Å²) in [6.07, 6.45) is 2.50. The van der Waals surface area contributed by atoms with Crippen molar-refractivity contribution in [1.82, 2.24) is 14.9 Å². The molecule has 3 heterocycles. The van der Waals surface area contributed by atoms with Crippen LogP contribution in [0.15, 0.2) is 48.8 Å². The smallest absolute Gasteiger partial charge is 0.410 e. The molecule has 0 aliphatic carbocycles. The molecule has 0 spiro atoms. The number of Topliss-reactive ketones (excluding diaryl/α,β-unsaturated/α-hetero) is 1. The zero-order chi connectivity index (χ0) is 22.7. The quantitative estimate of drug-likeness (QED) is 0.542. The summed E-state index contributed by atoms with van der Waals surface area (Å²) < 4.78 is 23.8. The van der Waals surface area contributed by atoms with Crippen molar-refractivity contribution < 1.29 is 23.5 Å². The number of ether oxygens (including phenoxy) is 2. The summed E-state index contributed by atoms with van der Waals surface area (Å²) in [7, 11) is 3.31. The molecule has 0 saturated carbocycles. The first-order valence-electron chi connectivity index (χ1n) is 9.87. The molecule has 2 N–H and O–H groups in total. The van der Waals surface area contributed by atoms with E-state index in [2.05, 4.69) is 15.3 Å². The molecule has 0 fully saturated rings. The number of hydrogen-bond acceptors (Lipinski definition) is 6. The number of nitrogens with zero attached hydrogens (tertiary/aromatic N) is 2. The number of pyridine rings is 1. The predicted octanol–water partition coefficient (Wildman–Crippen LogP) is 4.13. The van der Waals surface area contributed by atoms with Gasteiger partial charge in [-0.3, -0.25) is 14.7 Å². The number of H-pyrrole nitrogens is 1. The normalized spacial score (nSPS) is 14.0. The minimum absolute atomic E-state index is 0.100. The molecule has 10 heteroatoms. The highest BCUT2D eigenvalue weighted by molar-refractivity contribution is 7.17. The van der Waals surface area contributed by atoms with Crippen LogP contribution in [0.25, 0.3) is 11.3 Å². The fourth-order valence-electron chi connectivity index (χ4n) is 3.60. The molecule has 1 aromatic carbocycles. The fourth-order valence-corrected chi connectivity index (χ4v) is 3.70. The second-order valence-corrected chi connectivity index (χ2v) is 7.89. The molecule has 4 rings (SSSR count). The molecule has 2 unspecified atom stereocenters. The largest absolute Gasteiger partial charge is 0.488 e. The Morgan fingerprint density at radius 3 is 2.81 bits per heavy atom. The van der Waals surface area contributed by atoms with Crippen molar-refractivity contribution in [2.75, 3.05) is 25.6 Å². The maximum atomic E-state index is 13.4. The number of rotatable bonds is 6. The van der Waals surface area contributed by atoms with Gasteiger partial charge in [-0.15, -0.1) is 0 Å². The number of nitrogens with one attached hydrogen (secondary N) is 2. The van der Waals surface area contributed by atoms with Crippen molar-refractivity contribution in [3.8, 4) is 17.0 Å². The van der Waals surface area contributed by atoms with Crippen LogP contribution in [0.5, 0.6) is 5.75 Å². The van der Waals surface area contributed by atoms with Crippen molar-refractivity contribution in [3.63, 3.8) is 0 Å². The van der Waals surface area contributed by atoms with Crippen LogP contribution in [-0.2, 0) is 11.3 Å². The Kier molecular flexibility index (Phi) is 6.37. The second-order valence-electron chi connectivity index (χ2n) is 7.17. The van der Waals surface area contributed by atoms with Gasteiger partial charge in [-0.25, -0.2) is 9.18 Å². The van der Waals surface area contributed by atoms with Crippen molar-refractivity contribution in [2.24, 2.45) is 0 Å². The Labute approximate surface area is 186 Å². The molecule has 166 valence electrons. The molecule has 0 radical (unpaired) electrons. The van der Waals surface area contributed by atoms with Gasteiger partial charge in [0.2, 0.25) is 0 Å². The number of amides is 1. The highest BCUT2D eigenvalue weighted by Crippen LogP contribution is 2.41. The SMILES string of the molecule is COC(=O)N1CC(=O)c2c([nH]c(-c3ccncc3OCC(F)P)c2Nc2ccccc2)C1. The number of para-hydroxylation sites is 1. The van der Waals surface area contributed by atoms with Gasteiger partial charge in [-0.2, -0.15) is 0 Å². The van der Waals surface area contributed by atoms with Crippen molar-refractivity contribution in [3.05, 3.63) is 60.0 Å². The first-order valence-corrected chi connectivity index (χ1v) is 10.5. The first-order chi connectivity index (χ1) is 15.5. The Bertz CT molecular complexity index is 1140. The predicted molar refractivity (Wildman–Crippen MR) is 121 cm³/mol. The van der Waals surface area contributed by atoms with E-state index in [9.17, 15) is 14.0 Å². The lowest BCUT2D eigenvalue weighted by Gasteiger charge is -2.25. The van der Waals surface area contributed by atoms with Gasteiger partial charge >= 0.3 is 6.09 Å². The summed E-state index contributed by atoms with van der Waals surface area (Å²) >= 11 is 0. The van der Waals surface area contributed by atoms with Crippen molar-refractivity contribution in [1.29, 1.82) is 0 Å². The van der Waals surface area contributed by atoms with Gasteiger partial charge in [0.05, 0.1) is 43.3 Å². The van der Waals surface area contributed by atoms with Crippen LogP contribution in [0.1, 0.15) is 16.1 Å². The Morgan fingerprint density at radius 1 is 1.31 bits per heavy atom. The van der Waals surface area contributed by atoms with E-state index in [1.165, 1.54) is 18.2 Å². The van der Waals surface area contributed by atoms with Gasteiger partial charge < -0.3 is 19.8 Å². The fraction of sp³-hybridized carbons (Fsp3) is 0.227. The van der Waals surface area contributed by atoms with E-state index in [0.29, 0.717) is 34.0 Å². The van der Waals surface area contributed by atoms with Crippen LogP contribution in [0.4, 0.5) is 20.6 Å². The minimum atomic E-state index is -1.24. The van der Waals surface area contributed by atoms with Crippen molar-refractivity contribution in [2.45, 2.75) is 12.5 Å². The third kappa shape index (κ3) is 4.43. The summed E-state index contributed by atoms with van der Waals surface area (Å²) in [5.41, 5.74) is 3.55. The third-order valence-corrected chi connectivity index (χ3v) is 5.16. The number of aromatic nitrogens is 2.